The van der Waals surface area contributed by atoms with E-state index in [9.17, 15) is 19.8 Å². The fraction of sp³-hybridized carbons (Fsp3) is 0.714. The molecule has 0 bridgehead atoms. The molecule has 0 heterocycles. The van der Waals surface area contributed by atoms with Crippen molar-refractivity contribution in [3.63, 3.8) is 0 Å². The summed E-state index contributed by atoms with van der Waals surface area (Å²) in [7, 11) is 0. The standard InChI is InChI=1S/C14H24O8/c1-13(7-15,11(19)20)9(17)5-3-4-6-10(18)14(2,8-16)12(21)22/h3-4,9-10,15-18H,5-8H2,1-2H3,(H,19,20)(H,21,22)/b4-3-. The van der Waals surface area contributed by atoms with Gasteiger partial charge in [0, 0.05) is 0 Å². The lowest BCUT2D eigenvalue weighted by Crippen LogP contribution is -2.43. The van der Waals surface area contributed by atoms with Crippen molar-refractivity contribution in [1.29, 1.82) is 0 Å². The van der Waals surface area contributed by atoms with Gasteiger partial charge in [0.15, 0.2) is 0 Å². The van der Waals surface area contributed by atoms with E-state index in [1.54, 1.807) is 0 Å². The van der Waals surface area contributed by atoms with Gasteiger partial charge >= 0.3 is 11.9 Å². The maximum atomic E-state index is 11.0. The summed E-state index contributed by atoms with van der Waals surface area (Å²) in [5.41, 5.74) is -3.41. The summed E-state index contributed by atoms with van der Waals surface area (Å²) in [5.74, 6) is -2.68. The molecule has 0 aromatic heterocycles. The molecule has 0 aliphatic heterocycles. The maximum Gasteiger partial charge on any atom is 0.314 e. The predicted octanol–water partition coefficient (Wildman–Crippen LogP) is -0.789. The Labute approximate surface area is 128 Å². The molecule has 128 valence electrons. The number of aliphatic hydroxyl groups is 4. The first-order valence-corrected chi connectivity index (χ1v) is 6.76. The van der Waals surface area contributed by atoms with E-state index < -0.39 is 48.2 Å². The van der Waals surface area contributed by atoms with E-state index in [0.717, 1.165) is 0 Å². The van der Waals surface area contributed by atoms with Gasteiger partial charge in [0.2, 0.25) is 0 Å². The van der Waals surface area contributed by atoms with Gasteiger partial charge in [-0.1, -0.05) is 12.2 Å². The zero-order valence-electron chi connectivity index (χ0n) is 12.6. The summed E-state index contributed by atoms with van der Waals surface area (Å²) in [6.07, 6.45) is -0.0635. The molecule has 0 spiro atoms. The lowest BCUT2D eigenvalue weighted by molar-refractivity contribution is -0.159. The molecule has 0 radical (unpaired) electrons. The van der Waals surface area contributed by atoms with Gasteiger partial charge in [0.25, 0.3) is 0 Å². The Balaban J connectivity index is 4.65. The van der Waals surface area contributed by atoms with Crippen molar-refractivity contribution in [2.24, 2.45) is 10.8 Å². The third-order valence-corrected chi connectivity index (χ3v) is 3.99. The average Bonchev–Trinajstić information content (AvgIpc) is 2.48. The quantitative estimate of drug-likeness (QED) is 0.286. The molecule has 22 heavy (non-hydrogen) atoms. The van der Waals surface area contributed by atoms with Gasteiger partial charge in [-0.2, -0.15) is 0 Å². The largest absolute Gasteiger partial charge is 0.481 e. The molecule has 0 aliphatic rings. The van der Waals surface area contributed by atoms with Crippen LogP contribution in [0.1, 0.15) is 26.7 Å². The molecule has 0 amide bonds. The number of carboxylic acid groups (broad SMARTS) is 2. The van der Waals surface area contributed by atoms with Crippen LogP contribution in [-0.2, 0) is 9.59 Å². The van der Waals surface area contributed by atoms with E-state index >= 15 is 0 Å². The van der Waals surface area contributed by atoms with Gasteiger partial charge in [-0.15, -0.1) is 0 Å². The van der Waals surface area contributed by atoms with Crippen LogP contribution in [0.3, 0.4) is 0 Å². The minimum Gasteiger partial charge on any atom is -0.481 e. The Morgan fingerprint density at radius 3 is 1.32 bits per heavy atom. The summed E-state index contributed by atoms with van der Waals surface area (Å²) < 4.78 is 0. The molecule has 0 fully saturated rings. The highest BCUT2D eigenvalue weighted by Crippen LogP contribution is 2.26. The Hall–Kier alpha value is -1.48. The predicted molar refractivity (Wildman–Crippen MR) is 76.0 cm³/mol. The van der Waals surface area contributed by atoms with Crippen LogP contribution in [0, 0.1) is 10.8 Å². The molecule has 4 atom stereocenters. The highest BCUT2D eigenvalue weighted by Gasteiger charge is 2.40. The second kappa shape index (κ2) is 8.23. The van der Waals surface area contributed by atoms with Gasteiger partial charge in [-0.05, 0) is 26.7 Å². The third kappa shape index (κ3) is 4.51. The Morgan fingerprint density at radius 2 is 1.14 bits per heavy atom. The molecular weight excluding hydrogens is 296 g/mol. The molecule has 0 rings (SSSR count). The highest BCUT2D eigenvalue weighted by atomic mass is 16.4. The van der Waals surface area contributed by atoms with Crippen LogP contribution < -0.4 is 0 Å². The zero-order chi connectivity index (χ0) is 17.6. The van der Waals surface area contributed by atoms with Crippen molar-refractivity contribution in [3.05, 3.63) is 12.2 Å². The van der Waals surface area contributed by atoms with Crippen molar-refractivity contribution in [1.82, 2.24) is 0 Å². The summed E-state index contributed by atoms with van der Waals surface area (Å²) in [5, 5.41) is 55.7. The van der Waals surface area contributed by atoms with E-state index in [4.69, 9.17) is 20.4 Å². The fourth-order valence-electron chi connectivity index (χ4n) is 1.60. The molecule has 0 aromatic carbocycles. The minimum atomic E-state index is -1.70. The maximum absolute atomic E-state index is 11.0. The molecule has 0 saturated carbocycles. The van der Waals surface area contributed by atoms with Crippen LogP contribution in [0.15, 0.2) is 12.2 Å². The Morgan fingerprint density at radius 1 is 0.864 bits per heavy atom. The van der Waals surface area contributed by atoms with Crippen molar-refractivity contribution in [2.45, 2.75) is 38.9 Å². The normalized spacial score (nSPS) is 20.1. The van der Waals surface area contributed by atoms with Crippen molar-refractivity contribution in [2.75, 3.05) is 13.2 Å². The molecule has 6 N–H and O–H groups in total. The Kier molecular flexibility index (Phi) is 7.68. The third-order valence-electron chi connectivity index (χ3n) is 3.99. The number of hydrogen-bond donors (Lipinski definition) is 6. The van der Waals surface area contributed by atoms with Crippen LogP contribution in [0.2, 0.25) is 0 Å². The molecule has 8 nitrogen and oxygen atoms in total. The van der Waals surface area contributed by atoms with Crippen LogP contribution in [0.5, 0.6) is 0 Å². The first kappa shape index (κ1) is 20.5. The molecule has 0 saturated heterocycles. The van der Waals surface area contributed by atoms with E-state index in [-0.39, 0.29) is 12.8 Å². The number of aliphatic carboxylic acids is 2. The molecule has 0 aromatic rings. The van der Waals surface area contributed by atoms with Gasteiger partial charge in [0.1, 0.15) is 10.8 Å². The number of carboxylic acids is 2. The first-order valence-electron chi connectivity index (χ1n) is 6.76. The van der Waals surface area contributed by atoms with Crippen LogP contribution in [0.25, 0.3) is 0 Å². The topological polar surface area (TPSA) is 156 Å². The lowest BCUT2D eigenvalue weighted by Gasteiger charge is -2.28. The number of rotatable bonds is 10. The molecule has 4 unspecified atom stereocenters. The molecule has 8 heteroatoms. The zero-order valence-corrected chi connectivity index (χ0v) is 12.6. The SMILES string of the molecule is CC(CO)(C(=O)O)C(O)C/C=C\CC(O)C(C)(CO)C(=O)O. The van der Waals surface area contributed by atoms with E-state index in [0.29, 0.717) is 0 Å². The fourth-order valence-corrected chi connectivity index (χ4v) is 1.60. The summed E-state index contributed by atoms with van der Waals surface area (Å²) >= 11 is 0. The monoisotopic (exact) mass is 320 g/mol. The highest BCUT2D eigenvalue weighted by molar-refractivity contribution is 5.75. The van der Waals surface area contributed by atoms with Gasteiger partial charge in [0.05, 0.1) is 25.4 Å². The number of hydrogen-bond acceptors (Lipinski definition) is 6. The number of carbonyl (C=O) groups is 2. The van der Waals surface area contributed by atoms with Crippen LogP contribution >= 0.6 is 0 Å². The number of aliphatic hydroxyl groups excluding tert-OH is 4. The van der Waals surface area contributed by atoms with Crippen molar-refractivity contribution < 1.29 is 40.2 Å². The minimum absolute atomic E-state index is 0.0843. The summed E-state index contributed by atoms with van der Waals surface area (Å²) in [6, 6.07) is 0. The lowest BCUT2D eigenvalue weighted by atomic mass is 9.82. The van der Waals surface area contributed by atoms with Gasteiger partial charge < -0.3 is 30.6 Å². The summed E-state index contributed by atoms with van der Waals surface area (Å²) in [4.78, 5) is 22.0. The van der Waals surface area contributed by atoms with Gasteiger partial charge in [-0.3, -0.25) is 9.59 Å². The average molecular weight is 320 g/mol. The van der Waals surface area contributed by atoms with Crippen LogP contribution in [0.4, 0.5) is 0 Å². The molecule has 0 aliphatic carbocycles. The van der Waals surface area contributed by atoms with E-state index in [1.807, 2.05) is 0 Å². The summed E-state index contributed by atoms with van der Waals surface area (Å²) in [6.45, 7) is 0.939. The van der Waals surface area contributed by atoms with Gasteiger partial charge in [-0.25, -0.2) is 0 Å². The second-order valence-corrected chi connectivity index (χ2v) is 5.74. The second-order valence-electron chi connectivity index (χ2n) is 5.74. The van der Waals surface area contributed by atoms with E-state index in [2.05, 4.69) is 0 Å². The first-order chi connectivity index (χ1) is 10.1. The Bertz CT molecular complexity index is 383. The molecular formula is C14H24O8. The smallest absolute Gasteiger partial charge is 0.314 e. The van der Waals surface area contributed by atoms with Crippen molar-refractivity contribution >= 4 is 11.9 Å². The van der Waals surface area contributed by atoms with Crippen molar-refractivity contribution in [3.8, 4) is 0 Å². The van der Waals surface area contributed by atoms with Crippen LogP contribution in [-0.4, -0.2) is 68.0 Å². The van der Waals surface area contributed by atoms with E-state index in [1.165, 1.54) is 26.0 Å².